The Hall–Kier alpha value is -1.62. The summed E-state index contributed by atoms with van der Waals surface area (Å²) in [5, 5.41) is 0. The van der Waals surface area contributed by atoms with Crippen LogP contribution in [0.5, 0.6) is 0 Å². The molecule has 0 saturated carbocycles. The van der Waals surface area contributed by atoms with Crippen LogP contribution >= 0.6 is 0 Å². The molecule has 0 bridgehead atoms. The Morgan fingerprint density at radius 2 is 2.17 bits per heavy atom. The van der Waals surface area contributed by atoms with Crippen molar-refractivity contribution in [1.82, 2.24) is 9.88 Å². The van der Waals surface area contributed by atoms with Gasteiger partial charge < -0.3 is 4.74 Å². The first-order valence-electron chi connectivity index (χ1n) is 8.48. The highest BCUT2D eigenvalue weighted by Gasteiger charge is 2.26. The van der Waals surface area contributed by atoms with E-state index in [-0.39, 0.29) is 6.09 Å². The third-order valence-corrected chi connectivity index (χ3v) is 4.04. The third kappa shape index (κ3) is 4.67. The Balaban J connectivity index is 2.05. The third-order valence-electron chi connectivity index (χ3n) is 4.04. The molecule has 1 aliphatic rings. The zero-order valence-corrected chi connectivity index (χ0v) is 15.0. The first-order valence-corrected chi connectivity index (χ1v) is 8.48. The van der Waals surface area contributed by atoms with Gasteiger partial charge in [0.05, 0.1) is 0 Å². The Morgan fingerprint density at radius 1 is 1.43 bits per heavy atom. The summed E-state index contributed by atoms with van der Waals surface area (Å²) in [6.45, 7) is 10.1. The monoisotopic (exact) mass is 319 g/mol. The second-order valence-electron chi connectivity index (χ2n) is 7.18. The topological polar surface area (TPSA) is 45.7 Å². The number of hydrogen-bond donors (Lipinski definition) is 0. The van der Waals surface area contributed by atoms with Crippen molar-refractivity contribution in [2.24, 2.45) is 0 Å². The van der Waals surface area contributed by atoms with Crippen molar-refractivity contribution in [3.63, 3.8) is 0 Å². The molecule has 2 heterocycles. The summed E-state index contributed by atoms with van der Waals surface area (Å²) in [6.07, 6.45) is 5.11. The van der Waals surface area contributed by atoms with Gasteiger partial charge in [0.1, 0.15) is 11.4 Å². The van der Waals surface area contributed by atoms with Crippen molar-refractivity contribution in [3.8, 4) is 0 Å². The molecule has 128 valence electrons. The highest BCUT2D eigenvalue weighted by atomic mass is 16.6. The van der Waals surface area contributed by atoms with Crippen LogP contribution in [0.3, 0.4) is 0 Å². The zero-order chi connectivity index (χ0) is 17.0. The van der Waals surface area contributed by atoms with Gasteiger partial charge in [-0.1, -0.05) is 13.0 Å². The number of pyridine rings is 1. The lowest BCUT2D eigenvalue weighted by molar-refractivity contribution is 0.0588. The molecule has 1 aromatic heterocycles. The maximum absolute atomic E-state index is 12.1. The van der Waals surface area contributed by atoms with E-state index in [1.165, 1.54) is 29.7 Å². The molecule has 0 unspecified atom stereocenters. The van der Waals surface area contributed by atoms with Crippen LogP contribution in [-0.2, 0) is 4.74 Å². The fourth-order valence-corrected chi connectivity index (χ4v) is 2.98. The van der Waals surface area contributed by atoms with Crippen LogP contribution in [0, 0.1) is 0 Å². The average Bonchev–Trinajstić information content (AvgIpc) is 2.93. The lowest BCUT2D eigenvalue weighted by Gasteiger charge is -2.25. The number of nitrogens with zero attached hydrogens (tertiary/aromatic N) is 3. The van der Waals surface area contributed by atoms with E-state index in [2.05, 4.69) is 22.9 Å². The molecule has 0 radical (unpaired) electrons. The molecule has 1 amide bonds. The van der Waals surface area contributed by atoms with Gasteiger partial charge in [0.25, 0.3) is 0 Å². The molecule has 1 saturated heterocycles. The number of ether oxygens (including phenoxy) is 1. The number of hydrogen-bond acceptors (Lipinski definition) is 4. The van der Waals surface area contributed by atoms with Crippen LogP contribution in [0.15, 0.2) is 18.3 Å². The van der Waals surface area contributed by atoms with Gasteiger partial charge in [-0.05, 0) is 64.8 Å². The van der Waals surface area contributed by atoms with E-state index in [4.69, 9.17) is 4.74 Å². The van der Waals surface area contributed by atoms with Crippen LogP contribution in [0.4, 0.5) is 10.6 Å². The number of carbonyl (C=O) groups is 1. The van der Waals surface area contributed by atoms with Gasteiger partial charge in [-0.25, -0.2) is 9.78 Å². The molecule has 0 aliphatic carbocycles. The fraction of sp³-hybridized carbons (Fsp3) is 0.667. The van der Waals surface area contributed by atoms with Crippen LogP contribution < -0.4 is 4.90 Å². The first kappa shape index (κ1) is 17.7. The van der Waals surface area contributed by atoms with E-state index >= 15 is 0 Å². The van der Waals surface area contributed by atoms with Crippen molar-refractivity contribution in [2.45, 2.75) is 58.6 Å². The molecule has 0 N–H and O–H groups in total. The van der Waals surface area contributed by atoms with E-state index in [1.807, 2.05) is 33.0 Å². The predicted octanol–water partition coefficient (Wildman–Crippen LogP) is 4.00. The Labute approximate surface area is 139 Å². The maximum Gasteiger partial charge on any atom is 0.415 e. The number of anilines is 1. The van der Waals surface area contributed by atoms with E-state index < -0.39 is 5.60 Å². The summed E-state index contributed by atoms with van der Waals surface area (Å²) in [5.74, 6) is 0.614. The van der Waals surface area contributed by atoms with Crippen LogP contribution in [0.2, 0.25) is 0 Å². The smallest absolute Gasteiger partial charge is 0.415 e. The summed E-state index contributed by atoms with van der Waals surface area (Å²) < 4.78 is 5.37. The Morgan fingerprint density at radius 3 is 2.74 bits per heavy atom. The standard InChI is InChI=1S/C18H29N3O2/c1-6-11-21-12-7-8-15(21)14-9-10-16(19-13-14)20(5)17(22)23-18(2,3)4/h9-10,13,15H,6-8,11-12H2,1-5H3/t15-/m1/s1. The summed E-state index contributed by atoms with van der Waals surface area (Å²) >= 11 is 0. The lowest BCUT2D eigenvalue weighted by Crippen LogP contribution is -2.34. The van der Waals surface area contributed by atoms with E-state index in [1.54, 1.807) is 7.05 Å². The number of carbonyl (C=O) groups excluding carboxylic acids is 1. The van der Waals surface area contributed by atoms with Gasteiger partial charge in [-0.3, -0.25) is 9.80 Å². The lowest BCUT2D eigenvalue weighted by atomic mass is 10.1. The number of amides is 1. The number of rotatable bonds is 4. The number of aromatic nitrogens is 1. The molecule has 1 fully saturated rings. The molecule has 1 aliphatic heterocycles. The summed E-state index contributed by atoms with van der Waals surface area (Å²) in [7, 11) is 1.69. The Kier molecular flexibility index (Phi) is 5.63. The van der Waals surface area contributed by atoms with Gasteiger partial charge in [-0.15, -0.1) is 0 Å². The van der Waals surface area contributed by atoms with E-state index in [0.717, 1.165) is 13.1 Å². The first-order chi connectivity index (χ1) is 10.8. The average molecular weight is 319 g/mol. The normalized spacial score (nSPS) is 18.9. The van der Waals surface area contributed by atoms with Crippen LogP contribution in [-0.4, -0.2) is 41.7 Å². The molecule has 0 aromatic carbocycles. The van der Waals surface area contributed by atoms with E-state index in [0.29, 0.717) is 11.9 Å². The van der Waals surface area contributed by atoms with E-state index in [9.17, 15) is 4.79 Å². The molecular weight excluding hydrogens is 290 g/mol. The van der Waals surface area contributed by atoms with Crippen molar-refractivity contribution in [1.29, 1.82) is 0 Å². The summed E-state index contributed by atoms with van der Waals surface area (Å²) in [4.78, 5) is 20.5. The van der Waals surface area contributed by atoms with Gasteiger partial charge in [0.2, 0.25) is 0 Å². The molecule has 23 heavy (non-hydrogen) atoms. The maximum atomic E-state index is 12.1. The van der Waals surface area contributed by atoms with Gasteiger partial charge in [0.15, 0.2) is 0 Å². The van der Waals surface area contributed by atoms with Crippen molar-refractivity contribution >= 4 is 11.9 Å². The molecule has 2 rings (SSSR count). The quantitative estimate of drug-likeness (QED) is 0.841. The number of likely N-dealkylation sites (tertiary alicyclic amines) is 1. The second kappa shape index (κ2) is 7.30. The summed E-state index contributed by atoms with van der Waals surface area (Å²) in [6, 6.07) is 4.45. The van der Waals surface area contributed by atoms with Gasteiger partial charge >= 0.3 is 6.09 Å². The minimum atomic E-state index is -0.504. The molecule has 1 atom stereocenters. The minimum Gasteiger partial charge on any atom is -0.443 e. The van der Waals surface area contributed by atoms with Gasteiger partial charge in [0, 0.05) is 19.3 Å². The second-order valence-corrected chi connectivity index (χ2v) is 7.18. The zero-order valence-electron chi connectivity index (χ0n) is 15.0. The minimum absolute atomic E-state index is 0.383. The predicted molar refractivity (Wildman–Crippen MR) is 92.7 cm³/mol. The highest BCUT2D eigenvalue weighted by Crippen LogP contribution is 2.32. The van der Waals surface area contributed by atoms with Crippen molar-refractivity contribution in [3.05, 3.63) is 23.9 Å². The molecule has 5 heteroatoms. The highest BCUT2D eigenvalue weighted by molar-refractivity contribution is 5.85. The SMILES string of the molecule is CCCN1CCC[C@@H]1c1ccc(N(C)C(=O)OC(C)(C)C)nc1. The Bertz CT molecular complexity index is 522. The van der Waals surface area contributed by atoms with Crippen molar-refractivity contribution < 1.29 is 9.53 Å². The van der Waals surface area contributed by atoms with Crippen molar-refractivity contribution in [2.75, 3.05) is 25.0 Å². The molecule has 0 spiro atoms. The van der Waals surface area contributed by atoms with Gasteiger partial charge in [-0.2, -0.15) is 0 Å². The molecule has 5 nitrogen and oxygen atoms in total. The summed E-state index contributed by atoms with van der Waals surface area (Å²) in [5.41, 5.74) is 0.729. The van der Waals surface area contributed by atoms with Crippen LogP contribution in [0.25, 0.3) is 0 Å². The largest absolute Gasteiger partial charge is 0.443 e. The fourth-order valence-electron chi connectivity index (χ4n) is 2.98. The molecular formula is C18H29N3O2. The molecule has 1 aromatic rings. The van der Waals surface area contributed by atoms with Crippen LogP contribution in [0.1, 0.15) is 58.6 Å².